The number of rotatable bonds is 2. The quantitative estimate of drug-likeness (QED) is 0.633. The molecule has 0 unspecified atom stereocenters. The lowest BCUT2D eigenvalue weighted by Gasteiger charge is -2.00. The van der Waals surface area contributed by atoms with E-state index in [9.17, 15) is 4.39 Å². The molecule has 3 nitrogen and oxygen atoms in total. The summed E-state index contributed by atoms with van der Waals surface area (Å²) in [5, 5.41) is 8.49. The lowest BCUT2D eigenvalue weighted by Crippen LogP contribution is -2.13. The summed E-state index contributed by atoms with van der Waals surface area (Å²) in [6.45, 7) is -0.243. The van der Waals surface area contributed by atoms with Crippen LogP contribution in [0, 0.1) is 5.82 Å². The van der Waals surface area contributed by atoms with Crippen LogP contribution in [0.3, 0.4) is 0 Å². The van der Waals surface area contributed by atoms with Gasteiger partial charge < -0.3 is 15.3 Å². The third-order valence-electron chi connectivity index (χ3n) is 1.15. The molecule has 0 aromatic carbocycles. The Labute approximate surface area is 57.3 Å². The highest BCUT2D eigenvalue weighted by molar-refractivity contribution is 5.05. The summed E-state index contributed by atoms with van der Waals surface area (Å²) in [5.41, 5.74) is 5.30. The lowest BCUT2D eigenvalue weighted by molar-refractivity contribution is 0.252. The van der Waals surface area contributed by atoms with Crippen molar-refractivity contribution < 1.29 is 13.9 Å². The van der Waals surface area contributed by atoms with E-state index in [4.69, 9.17) is 10.8 Å². The molecule has 4 heteroatoms. The van der Waals surface area contributed by atoms with E-state index in [2.05, 4.69) is 4.42 Å². The molecule has 1 heterocycles. The molecule has 0 fully saturated rings. The highest BCUT2D eigenvalue weighted by atomic mass is 19.1. The summed E-state index contributed by atoms with van der Waals surface area (Å²) in [6.07, 6.45) is 0.949. The Balaban J connectivity index is 2.74. The minimum atomic E-state index is -0.621. The van der Waals surface area contributed by atoms with Crippen molar-refractivity contribution in [1.82, 2.24) is 0 Å². The van der Waals surface area contributed by atoms with Gasteiger partial charge in [-0.1, -0.05) is 0 Å². The van der Waals surface area contributed by atoms with E-state index in [1.807, 2.05) is 0 Å². The van der Waals surface area contributed by atoms with Gasteiger partial charge in [0.15, 0.2) is 5.82 Å². The fourth-order valence-electron chi connectivity index (χ4n) is 0.613. The van der Waals surface area contributed by atoms with E-state index in [0.717, 1.165) is 12.3 Å². The van der Waals surface area contributed by atoms with Gasteiger partial charge in [-0.05, 0) is 0 Å². The Morgan fingerprint density at radius 1 is 1.80 bits per heavy atom. The van der Waals surface area contributed by atoms with Gasteiger partial charge >= 0.3 is 0 Å². The van der Waals surface area contributed by atoms with Crippen LogP contribution < -0.4 is 5.73 Å². The first-order valence-corrected chi connectivity index (χ1v) is 2.84. The molecule has 3 N–H and O–H groups in total. The monoisotopic (exact) mass is 145 g/mol. The van der Waals surface area contributed by atoms with Crippen LogP contribution in [0.25, 0.3) is 0 Å². The van der Waals surface area contributed by atoms with Crippen LogP contribution in [0.1, 0.15) is 11.8 Å². The van der Waals surface area contributed by atoms with E-state index in [1.54, 1.807) is 0 Å². The van der Waals surface area contributed by atoms with Crippen LogP contribution in [0.2, 0.25) is 0 Å². The van der Waals surface area contributed by atoms with E-state index in [-0.39, 0.29) is 12.4 Å². The number of aliphatic hydroxyl groups excluding tert-OH is 1. The molecule has 0 radical (unpaired) electrons. The fraction of sp³-hybridized carbons (Fsp3) is 0.333. The first-order valence-electron chi connectivity index (χ1n) is 2.84. The van der Waals surface area contributed by atoms with Crippen LogP contribution in [0.15, 0.2) is 16.7 Å². The first kappa shape index (κ1) is 7.24. The van der Waals surface area contributed by atoms with E-state index in [0.29, 0.717) is 0 Å². The molecule has 0 bridgehead atoms. The van der Waals surface area contributed by atoms with Crippen LogP contribution in [-0.4, -0.2) is 11.7 Å². The van der Waals surface area contributed by atoms with Crippen molar-refractivity contribution in [3.05, 3.63) is 23.9 Å². The van der Waals surface area contributed by atoms with Crippen molar-refractivity contribution in [2.75, 3.05) is 6.61 Å². The Morgan fingerprint density at radius 3 is 2.90 bits per heavy atom. The molecule has 10 heavy (non-hydrogen) atoms. The summed E-state index contributed by atoms with van der Waals surface area (Å²) in [4.78, 5) is 0. The van der Waals surface area contributed by atoms with E-state index >= 15 is 0 Å². The van der Waals surface area contributed by atoms with Crippen LogP contribution in [-0.2, 0) is 0 Å². The van der Waals surface area contributed by atoms with Gasteiger partial charge in [-0.2, -0.15) is 0 Å². The second-order valence-electron chi connectivity index (χ2n) is 1.96. The smallest absolute Gasteiger partial charge is 0.161 e. The Bertz CT molecular complexity index is 211. The summed E-state index contributed by atoms with van der Waals surface area (Å²) in [5.74, 6) is -0.209. The van der Waals surface area contributed by atoms with Gasteiger partial charge in [0.05, 0.1) is 12.6 Å². The van der Waals surface area contributed by atoms with Gasteiger partial charge in [-0.15, -0.1) is 0 Å². The van der Waals surface area contributed by atoms with E-state index < -0.39 is 11.9 Å². The van der Waals surface area contributed by atoms with Crippen molar-refractivity contribution >= 4 is 0 Å². The second kappa shape index (κ2) is 2.81. The Kier molecular flexibility index (Phi) is 2.03. The molecule has 1 aromatic rings. The van der Waals surface area contributed by atoms with Gasteiger partial charge in [0.2, 0.25) is 0 Å². The van der Waals surface area contributed by atoms with E-state index in [1.165, 1.54) is 0 Å². The van der Waals surface area contributed by atoms with Crippen molar-refractivity contribution in [1.29, 1.82) is 0 Å². The Morgan fingerprint density at radius 2 is 2.50 bits per heavy atom. The predicted octanol–water partition coefficient (Wildman–Crippen LogP) is 0.411. The molecule has 0 saturated carbocycles. The summed E-state index contributed by atoms with van der Waals surface area (Å²) >= 11 is 0. The van der Waals surface area contributed by atoms with Crippen LogP contribution in [0.5, 0.6) is 0 Å². The number of aliphatic hydroxyl groups is 1. The third-order valence-corrected chi connectivity index (χ3v) is 1.15. The maximum absolute atomic E-state index is 12.2. The average molecular weight is 145 g/mol. The van der Waals surface area contributed by atoms with Crippen LogP contribution >= 0.6 is 0 Å². The highest BCUT2D eigenvalue weighted by Crippen LogP contribution is 2.12. The average Bonchev–Trinajstić information content (AvgIpc) is 2.34. The third kappa shape index (κ3) is 1.34. The molecule has 0 aliphatic rings. The minimum Gasteiger partial charge on any atom is -0.464 e. The predicted molar refractivity (Wildman–Crippen MR) is 32.7 cm³/mol. The summed E-state index contributed by atoms with van der Waals surface area (Å²) in [6, 6.07) is 0.533. The number of nitrogens with two attached hydrogens (primary N) is 1. The van der Waals surface area contributed by atoms with Crippen LogP contribution in [0.4, 0.5) is 4.39 Å². The molecular formula is C6H8FNO2. The van der Waals surface area contributed by atoms with Crippen molar-refractivity contribution in [2.24, 2.45) is 5.73 Å². The Hall–Kier alpha value is -0.870. The molecule has 1 aromatic heterocycles. The molecule has 1 atom stereocenters. The number of halogens is 1. The standard InChI is InChI=1S/C6H8FNO2/c7-4-1-6(10-3-4)5(8)2-9/h1,3,5,9H,2,8H2/t5-/m0/s1. The fourth-order valence-corrected chi connectivity index (χ4v) is 0.613. The lowest BCUT2D eigenvalue weighted by atomic mass is 10.2. The molecule has 0 aliphatic carbocycles. The topological polar surface area (TPSA) is 59.4 Å². The molecule has 1 rings (SSSR count). The number of furan rings is 1. The zero-order valence-electron chi connectivity index (χ0n) is 5.25. The van der Waals surface area contributed by atoms with Gasteiger partial charge in [-0.3, -0.25) is 0 Å². The SMILES string of the molecule is N[C@@H](CO)c1cc(F)co1. The zero-order valence-corrected chi connectivity index (χ0v) is 5.25. The van der Waals surface area contributed by atoms with Gasteiger partial charge in [0.1, 0.15) is 12.0 Å². The van der Waals surface area contributed by atoms with Gasteiger partial charge in [0, 0.05) is 6.07 Å². The summed E-state index contributed by atoms with van der Waals surface area (Å²) < 4.78 is 16.8. The molecule has 0 amide bonds. The van der Waals surface area contributed by atoms with Crippen molar-refractivity contribution in [2.45, 2.75) is 6.04 Å². The largest absolute Gasteiger partial charge is 0.464 e. The number of hydrogen-bond acceptors (Lipinski definition) is 3. The van der Waals surface area contributed by atoms with Crippen molar-refractivity contribution in [3.8, 4) is 0 Å². The molecule has 0 spiro atoms. The molecular weight excluding hydrogens is 137 g/mol. The second-order valence-corrected chi connectivity index (χ2v) is 1.96. The maximum Gasteiger partial charge on any atom is 0.161 e. The highest BCUT2D eigenvalue weighted by Gasteiger charge is 2.08. The van der Waals surface area contributed by atoms with Crippen molar-refractivity contribution in [3.63, 3.8) is 0 Å². The first-order chi connectivity index (χ1) is 4.74. The maximum atomic E-state index is 12.2. The number of hydrogen-bond donors (Lipinski definition) is 2. The van der Waals surface area contributed by atoms with Gasteiger partial charge in [-0.25, -0.2) is 4.39 Å². The minimum absolute atomic E-state index is 0.243. The van der Waals surface area contributed by atoms with Gasteiger partial charge in [0.25, 0.3) is 0 Å². The molecule has 0 saturated heterocycles. The zero-order chi connectivity index (χ0) is 7.56. The molecule has 56 valence electrons. The normalized spacial score (nSPS) is 13.5. The summed E-state index contributed by atoms with van der Waals surface area (Å²) in [7, 11) is 0. The molecule has 0 aliphatic heterocycles.